The van der Waals surface area contributed by atoms with E-state index in [4.69, 9.17) is 4.42 Å². The molecule has 0 bridgehead atoms. The monoisotopic (exact) mass is 366 g/mol. The van der Waals surface area contributed by atoms with E-state index in [1.54, 1.807) is 40.3 Å². The van der Waals surface area contributed by atoms with Gasteiger partial charge in [-0.3, -0.25) is 18.8 Å². The van der Waals surface area contributed by atoms with E-state index in [-0.39, 0.29) is 22.9 Å². The van der Waals surface area contributed by atoms with Crippen LogP contribution in [0.3, 0.4) is 0 Å². The van der Waals surface area contributed by atoms with E-state index >= 15 is 0 Å². The maximum absolute atomic E-state index is 12.9. The molecule has 138 valence electrons. The van der Waals surface area contributed by atoms with Crippen molar-refractivity contribution < 1.29 is 14.0 Å². The fourth-order valence-electron chi connectivity index (χ4n) is 3.24. The molecule has 0 aliphatic carbocycles. The number of rotatable bonds is 2. The molecule has 1 saturated heterocycles. The Kier molecular flexibility index (Phi) is 4.45. The van der Waals surface area contributed by atoms with Crippen LogP contribution in [-0.2, 0) is 0 Å². The van der Waals surface area contributed by atoms with E-state index in [2.05, 4.69) is 4.98 Å². The van der Waals surface area contributed by atoms with Gasteiger partial charge in [-0.1, -0.05) is 6.07 Å². The topological polar surface area (TPSA) is 88.1 Å². The molecule has 0 radical (unpaired) electrons. The molecule has 8 heteroatoms. The molecule has 0 atom stereocenters. The zero-order valence-corrected chi connectivity index (χ0v) is 14.6. The Morgan fingerprint density at radius 3 is 2.52 bits per heavy atom. The van der Waals surface area contributed by atoms with Crippen molar-refractivity contribution in [3.8, 4) is 0 Å². The maximum atomic E-state index is 12.9. The largest absolute Gasteiger partial charge is 0.472 e. The first-order chi connectivity index (χ1) is 13.1. The minimum atomic E-state index is -0.388. The molecule has 1 aliphatic rings. The third-order valence-corrected chi connectivity index (χ3v) is 4.68. The van der Waals surface area contributed by atoms with Gasteiger partial charge in [-0.05, 0) is 24.6 Å². The van der Waals surface area contributed by atoms with Crippen LogP contribution >= 0.6 is 0 Å². The zero-order valence-electron chi connectivity index (χ0n) is 14.6. The minimum absolute atomic E-state index is 0.0355. The fraction of sp³-hybridized carbons (Fsp3) is 0.263. The van der Waals surface area contributed by atoms with Crippen molar-refractivity contribution in [1.82, 2.24) is 19.2 Å². The van der Waals surface area contributed by atoms with E-state index in [0.29, 0.717) is 43.8 Å². The summed E-state index contributed by atoms with van der Waals surface area (Å²) in [5.74, 6) is -0.478. The van der Waals surface area contributed by atoms with Crippen molar-refractivity contribution in [3.63, 3.8) is 0 Å². The van der Waals surface area contributed by atoms with Gasteiger partial charge in [0.2, 0.25) is 0 Å². The highest BCUT2D eigenvalue weighted by Crippen LogP contribution is 2.11. The summed E-state index contributed by atoms with van der Waals surface area (Å²) in [5.41, 5.74) is 0.632. The summed E-state index contributed by atoms with van der Waals surface area (Å²) in [6.45, 7) is 1.78. The molecule has 0 spiro atoms. The second-order valence-corrected chi connectivity index (χ2v) is 6.36. The number of amides is 2. The maximum Gasteiger partial charge on any atom is 0.270 e. The summed E-state index contributed by atoms with van der Waals surface area (Å²) in [6, 6.07) is 6.83. The van der Waals surface area contributed by atoms with E-state index in [9.17, 15) is 14.4 Å². The Morgan fingerprint density at radius 1 is 1.00 bits per heavy atom. The molecular formula is C19H18N4O4. The molecule has 0 unspecified atom stereocenters. The van der Waals surface area contributed by atoms with Crippen LogP contribution in [-0.4, -0.2) is 57.2 Å². The second-order valence-electron chi connectivity index (χ2n) is 6.36. The Balaban J connectivity index is 1.53. The SMILES string of the molecule is O=C(c1ccoc1)N1CCCN(C(=O)c2cnc3ccccn3c2=O)CC1. The predicted molar refractivity (Wildman–Crippen MR) is 96.6 cm³/mol. The van der Waals surface area contributed by atoms with Gasteiger partial charge in [-0.15, -0.1) is 0 Å². The molecule has 1 fully saturated rings. The van der Waals surface area contributed by atoms with Crippen LogP contribution in [0, 0.1) is 0 Å². The molecule has 1 aliphatic heterocycles. The molecule has 4 heterocycles. The molecule has 3 aromatic heterocycles. The summed E-state index contributed by atoms with van der Waals surface area (Å²) < 4.78 is 6.33. The van der Waals surface area contributed by atoms with Crippen molar-refractivity contribution in [3.05, 3.63) is 70.7 Å². The second kappa shape index (κ2) is 7.06. The number of aromatic nitrogens is 2. The van der Waals surface area contributed by atoms with Gasteiger partial charge < -0.3 is 14.2 Å². The number of hydrogen-bond acceptors (Lipinski definition) is 5. The average molecular weight is 366 g/mol. The third kappa shape index (κ3) is 3.21. The van der Waals surface area contributed by atoms with Crippen LogP contribution in [0.5, 0.6) is 0 Å². The molecule has 8 nitrogen and oxygen atoms in total. The van der Waals surface area contributed by atoms with Gasteiger partial charge in [0.1, 0.15) is 17.5 Å². The normalized spacial score (nSPS) is 15.0. The van der Waals surface area contributed by atoms with Crippen molar-refractivity contribution in [2.75, 3.05) is 26.2 Å². The van der Waals surface area contributed by atoms with Crippen molar-refractivity contribution in [2.45, 2.75) is 6.42 Å². The lowest BCUT2D eigenvalue weighted by Crippen LogP contribution is -2.39. The molecule has 27 heavy (non-hydrogen) atoms. The van der Waals surface area contributed by atoms with Gasteiger partial charge in [-0.2, -0.15) is 0 Å². The predicted octanol–water partition coefficient (Wildman–Crippen LogP) is 1.28. The van der Waals surface area contributed by atoms with Crippen molar-refractivity contribution >= 4 is 17.5 Å². The highest BCUT2D eigenvalue weighted by Gasteiger charge is 2.25. The smallest absolute Gasteiger partial charge is 0.270 e. The summed E-state index contributed by atoms with van der Waals surface area (Å²) >= 11 is 0. The first kappa shape index (κ1) is 17.0. The van der Waals surface area contributed by atoms with Crippen LogP contribution in [0.2, 0.25) is 0 Å². The molecule has 4 rings (SSSR count). The van der Waals surface area contributed by atoms with E-state index in [1.807, 2.05) is 0 Å². The van der Waals surface area contributed by atoms with Crippen molar-refractivity contribution in [2.24, 2.45) is 0 Å². The number of furan rings is 1. The van der Waals surface area contributed by atoms with Gasteiger partial charge >= 0.3 is 0 Å². The van der Waals surface area contributed by atoms with Gasteiger partial charge in [-0.25, -0.2) is 4.98 Å². The molecule has 3 aromatic rings. The highest BCUT2D eigenvalue weighted by molar-refractivity contribution is 5.95. The zero-order chi connectivity index (χ0) is 18.8. The summed E-state index contributed by atoms with van der Waals surface area (Å²) in [5, 5.41) is 0. The Morgan fingerprint density at radius 2 is 1.78 bits per heavy atom. The lowest BCUT2D eigenvalue weighted by Gasteiger charge is -2.21. The first-order valence-electron chi connectivity index (χ1n) is 8.72. The van der Waals surface area contributed by atoms with E-state index < -0.39 is 0 Å². The first-order valence-corrected chi connectivity index (χ1v) is 8.72. The Bertz CT molecular complexity index is 1040. The summed E-state index contributed by atoms with van der Waals surface area (Å²) in [4.78, 5) is 45.5. The number of fused-ring (bicyclic) bond motifs is 1. The number of nitrogens with zero attached hydrogens (tertiary/aromatic N) is 4. The molecule has 2 amide bonds. The highest BCUT2D eigenvalue weighted by atomic mass is 16.3. The van der Waals surface area contributed by atoms with Crippen LogP contribution < -0.4 is 5.56 Å². The van der Waals surface area contributed by atoms with E-state index in [0.717, 1.165) is 0 Å². The Hall–Kier alpha value is -3.42. The standard InChI is InChI=1S/C19H18N4O4/c24-17(14-5-11-27-13-14)21-6-3-7-22(10-9-21)18(25)15-12-20-16-4-1-2-8-23(16)19(15)26/h1-2,4-5,8,11-13H,3,6-7,9-10H2. The van der Waals surface area contributed by atoms with Gasteiger partial charge in [0.25, 0.3) is 17.4 Å². The van der Waals surface area contributed by atoms with Gasteiger partial charge in [0.15, 0.2) is 0 Å². The van der Waals surface area contributed by atoms with Crippen LogP contribution in [0.4, 0.5) is 0 Å². The number of carbonyl (C=O) groups excluding carboxylic acids is 2. The minimum Gasteiger partial charge on any atom is -0.472 e. The van der Waals surface area contributed by atoms with Gasteiger partial charge in [0, 0.05) is 38.6 Å². The average Bonchev–Trinajstić information content (AvgIpc) is 3.12. The third-order valence-electron chi connectivity index (χ3n) is 4.68. The lowest BCUT2D eigenvalue weighted by molar-refractivity contribution is 0.0717. The molecule has 0 saturated carbocycles. The lowest BCUT2D eigenvalue weighted by atomic mass is 10.2. The Labute approximate surface area is 154 Å². The summed E-state index contributed by atoms with van der Waals surface area (Å²) in [7, 11) is 0. The van der Waals surface area contributed by atoms with Gasteiger partial charge in [0.05, 0.1) is 11.8 Å². The molecular weight excluding hydrogens is 348 g/mol. The van der Waals surface area contributed by atoms with Crippen LogP contribution in [0.25, 0.3) is 5.65 Å². The van der Waals surface area contributed by atoms with Crippen LogP contribution in [0.1, 0.15) is 27.1 Å². The number of carbonyl (C=O) groups is 2. The van der Waals surface area contributed by atoms with E-state index in [1.165, 1.54) is 23.1 Å². The van der Waals surface area contributed by atoms with Crippen LogP contribution in [0.15, 0.2) is 58.4 Å². The fourth-order valence-corrected chi connectivity index (χ4v) is 3.24. The van der Waals surface area contributed by atoms with Crippen molar-refractivity contribution in [1.29, 1.82) is 0 Å². The quantitative estimate of drug-likeness (QED) is 0.682. The number of pyridine rings is 1. The molecule has 0 aromatic carbocycles. The molecule has 0 N–H and O–H groups in total. The summed E-state index contributed by atoms with van der Waals surface area (Å²) in [6.07, 6.45) is 6.44. The number of hydrogen-bond donors (Lipinski definition) is 0.